The largest absolute Gasteiger partial charge is 0.389 e. The second-order valence-corrected chi connectivity index (χ2v) is 6.79. The molecule has 2 aliphatic rings. The van der Waals surface area contributed by atoms with Gasteiger partial charge in [-0.2, -0.15) is 0 Å². The number of rotatable bonds is 4. The molecule has 2 fully saturated rings. The van der Waals surface area contributed by atoms with Crippen LogP contribution in [0, 0.1) is 0 Å². The standard InChI is InChI=1S/C18H27N3O3/c1-20-7-9-21(10-8-20)12-14-2-4-15(5-3-14)18(23)19-16-6-11-24-13-17(16)22/h2-5,16-17,22H,6-13H2,1H3,(H,19,23)/t16-,17-/m1/s1. The van der Waals surface area contributed by atoms with Gasteiger partial charge < -0.3 is 20.1 Å². The Bertz CT molecular complexity index is 541. The third-order valence-corrected chi connectivity index (χ3v) is 4.86. The van der Waals surface area contributed by atoms with Crippen molar-refractivity contribution in [3.05, 3.63) is 35.4 Å². The first-order valence-electron chi connectivity index (χ1n) is 8.68. The molecule has 6 heteroatoms. The molecule has 1 aromatic carbocycles. The van der Waals surface area contributed by atoms with E-state index in [1.54, 1.807) is 0 Å². The topological polar surface area (TPSA) is 65.0 Å². The lowest BCUT2D eigenvalue weighted by Gasteiger charge is -2.32. The zero-order chi connectivity index (χ0) is 16.9. The number of hydrogen-bond donors (Lipinski definition) is 2. The zero-order valence-corrected chi connectivity index (χ0v) is 14.3. The molecule has 0 aliphatic carbocycles. The minimum Gasteiger partial charge on any atom is -0.389 e. The molecule has 6 nitrogen and oxygen atoms in total. The van der Waals surface area contributed by atoms with E-state index in [-0.39, 0.29) is 18.6 Å². The van der Waals surface area contributed by atoms with Gasteiger partial charge in [0.2, 0.25) is 0 Å². The number of carbonyl (C=O) groups is 1. The number of nitrogens with zero attached hydrogens (tertiary/aromatic N) is 2. The van der Waals surface area contributed by atoms with Gasteiger partial charge in [0.05, 0.1) is 18.8 Å². The number of hydrogen-bond acceptors (Lipinski definition) is 5. The number of carbonyl (C=O) groups excluding carboxylic acids is 1. The van der Waals surface area contributed by atoms with Crippen molar-refractivity contribution < 1.29 is 14.6 Å². The van der Waals surface area contributed by atoms with Crippen LogP contribution in [0.15, 0.2) is 24.3 Å². The smallest absolute Gasteiger partial charge is 0.251 e. The molecule has 2 N–H and O–H groups in total. The van der Waals surface area contributed by atoms with Crippen molar-refractivity contribution >= 4 is 5.91 Å². The Morgan fingerprint density at radius 1 is 1.25 bits per heavy atom. The number of benzene rings is 1. The summed E-state index contributed by atoms with van der Waals surface area (Å²) in [6, 6.07) is 7.55. The molecule has 0 aromatic heterocycles. The summed E-state index contributed by atoms with van der Waals surface area (Å²) in [5, 5.41) is 12.8. The highest BCUT2D eigenvalue weighted by Gasteiger charge is 2.25. The Morgan fingerprint density at radius 3 is 2.62 bits per heavy atom. The van der Waals surface area contributed by atoms with Crippen LogP contribution >= 0.6 is 0 Å². The normalized spacial score (nSPS) is 26.2. The minimum atomic E-state index is -0.626. The number of nitrogens with one attached hydrogen (secondary N) is 1. The zero-order valence-electron chi connectivity index (χ0n) is 14.3. The van der Waals surface area contributed by atoms with Gasteiger partial charge in [-0.1, -0.05) is 12.1 Å². The maximum Gasteiger partial charge on any atom is 0.251 e. The molecule has 0 radical (unpaired) electrons. The molecule has 1 amide bonds. The third kappa shape index (κ3) is 4.54. The fourth-order valence-corrected chi connectivity index (χ4v) is 3.17. The van der Waals surface area contributed by atoms with Gasteiger partial charge in [0.1, 0.15) is 0 Å². The van der Waals surface area contributed by atoms with Gasteiger partial charge in [-0.25, -0.2) is 0 Å². The fourth-order valence-electron chi connectivity index (χ4n) is 3.17. The van der Waals surface area contributed by atoms with Crippen molar-refractivity contribution in [2.75, 3.05) is 46.4 Å². The Balaban J connectivity index is 1.52. The van der Waals surface area contributed by atoms with E-state index in [0.29, 0.717) is 18.6 Å². The van der Waals surface area contributed by atoms with Crippen LogP contribution in [0.5, 0.6) is 0 Å². The average Bonchev–Trinajstić information content (AvgIpc) is 2.59. The first-order valence-corrected chi connectivity index (χ1v) is 8.68. The van der Waals surface area contributed by atoms with Crippen molar-refractivity contribution in [2.24, 2.45) is 0 Å². The average molecular weight is 333 g/mol. The van der Waals surface area contributed by atoms with Gasteiger partial charge in [0, 0.05) is 44.9 Å². The molecule has 3 rings (SSSR count). The van der Waals surface area contributed by atoms with Crippen molar-refractivity contribution in [3.63, 3.8) is 0 Å². The van der Waals surface area contributed by atoms with Crippen LogP contribution in [0.4, 0.5) is 0 Å². The van der Waals surface area contributed by atoms with Crippen LogP contribution in [0.2, 0.25) is 0 Å². The van der Waals surface area contributed by atoms with E-state index in [0.717, 1.165) is 32.7 Å². The van der Waals surface area contributed by atoms with Gasteiger partial charge in [-0.15, -0.1) is 0 Å². The van der Waals surface area contributed by atoms with Crippen LogP contribution in [0.3, 0.4) is 0 Å². The van der Waals surface area contributed by atoms with E-state index >= 15 is 0 Å². The maximum absolute atomic E-state index is 12.3. The van der Waals surface area contributed by atoms with E-state index in [4.69, 9.17) is 4.74 Å². The summed E-state index contributed by atoms with van der Waals surface area (Å²) in [6.07, 6.45) is 0.0215. The number of aliphatic hydroxyl groups is 1. The van der Waals surface area contributed by atoms with Crippen molar-refractivity contribution in [1.82, 2.24) is 15.1 Å². The molecular formula is C18H27N3O3. The Morgan fingerprint density at radius 2 is 1.96 bits per heavy atom. The lowest BCUT2D eigenvalue weighted by atomic mass is 10.0. The lowest BCUT2D eigenvalue weighted by molar-refractivity contribution is -0.0260. The quantitative estimate of drug-likeness (QED) is 0.830. The molecule has 2 saturated heterocycles. The predicted molar refractivity (Wildman–Crippen MR) is 91.9 cm³/mol. The van der Waals surface area contributed by atoms with Crippen molar-refractivity contribution in [3.8, 4) is 0 Å². The monoisotopic (exact) mass is 333 g/mol. The number of likely N-dealkylation sites (N-methyl/N-ethyl adjacent to an activating group) is 1. The molecule has 2 aliphatic heterocycles. The van der Waals surface area contributed by atoms with Crippen LogP contribution in [0.25, 0.3) is 0 Å². The van der Waals surface area contributed by atoms with Crippen LogP contribution in [0.1, 0.15) is 22.3 Å². The number of aliphatic hydroxyl groups excluding tert-OH is 1. The second kappa shape index (κ2) is 8.07. The van der Waals surface area contributed by atoms with Gasteiger partial charge in [0.25, 0.3) is 5.91 Å². The highest BCUT2D eigenvalue weighted by molar-refractivity contribution is 5.94. The Labute approximate surface area is 143 Å². The first-order chi connectivity index (χ1) is 11.6. The van der Waals surface area contributed by atoms with Crippen molar-refractivity contribution in [2.45, 2.75) is 25.1 Å². The van der Waals surface area contributed by atoms with Crippen LogP contribution in [-0.4, -0.2) is 79.4 Å². The molecule has 0 saturated carbocycles. The first kappa shape index (κ1) is 17.4. The molecule has 132 valence electrons. The summed E-state index contributed by atoms with van der Waals surface area (Å²) in [5.41, 5.74) is 1.86. The highest BCUT2D eigenvalue weighted by atomic mass is 16.5. The van der Waals surface area contributed by atoms with Crippen LogP contribution in [-0.2, 0) is 11.3 Å². The van der Waals surface area contributed by atoms with Gasteiger partial charge >= 0.3 is 0 Å². The summed E-state index contributed by atoms with van der Waals surface area (Å²) in [4.78, 5) is 17.1. The van der Waals surface area contributed by atoms with E-state index in [1.807, 2.05) is 24.3 Å². The molecule has 1 aromatic rings. The highest BCUT2D eigenvalue weighted by Crippen LogP contribution is 2.12. The number of piperazine rings is 1. The summed E-state index contributed by atoms with van der Waals surface area (Å²) in [6.45, 7) is 6.16. The summed E-state index contributed by atoms with van der Waals surface area (Å²) >= 11 is 0. The molecule has 2 heterocycles. The van der Waals surface area contributed by atoms with Gasteiger partial charge in [-0.3, -0.25) is 9.69 Å². The number of ether oxygens (including phenoxy) is 1. The fraction of sp³-hybridized carbons (Fsp3) is 0.611. The molecule has 0 bridgehead atoms. The second-order valence-electron chi connectivity index (χ2n) is 6.79. The SMILES string of the molecule is CN1CCN(Cc2ccc(C(=O)N[C@@H]3CCOC[C@H]3O)cc2)CC1. The lowest BCUT2D eigenvalue weighted by Crippen LogP contribution is -2.48. The molecular weight excluding hydrogens is 306 g/mol. The molecule has 24 heavy (non-hydrogen) atoms. The minimum absolute atomic E-state index is 0.132. The van der Waals surface area contributed by atoms with Crippen molar-refractivity contribution in [1.29, 1.82) is 0 Å². The summed E-state index contributed by atoms with van der Waals surface area (Å²) < 4.78 is 5.18. The number of amides is 1. The Hall–Kier alpha value is -1.47. The maximum atomic E-state index is 12.3. The van der Waals surface area contributed by atoms with Crippen LogP contribution < -0.4 is 5.32 Å². The Kier molecular flexibility index (Phi) is 5.84. The summed E-state index contributed by atoms with van der Waals surface area (Å²) in [5.74, 6) is -0.132. The predicted octanol–water partition coefficient (Wildman–Crippen LogP) is 0.314. The molecule has 2 atom stereocenters. The molecule has 0 unspecified atom stereocenters. The molecule has 0 spiro atoms. The summed E-state index contributed by atoms with van der Waals surface area (Å²) in [7, 11) is 2.15. The van der Waals surface area contributed by atoms with E-state index in [9.17, 15) is 9.90 Å². The van der Waals surface area contributed by atoms with Gasteiger partial charge in [0.15, 0.2) is 0 Å². The third-order valence-electron chi connectivity index (χ3n) is 4.86. The van der Waals surface area contributed by atoms with Gasteiger partial charge in [-0.05, 0) is 31.2 Å². The van der Waals surface area contributed by atoms with E-state index in [1.165, 1.54) is 5.56 Å². The van der Waals surface area contributed by atoms with E-state index < -0.39 is 6.10 Å². The van der Waals surface area contributed by atoms with E-state index in [2.05, 4.69) is 22.2 Å².